The van der Waals surface area contributed by atoms with Crippen LogP contribution in [0.1, 0.15) is 17.5 Å². The van der Waals surface area contributed by atoms with Crippen LogP contribution in [0, 0.1) is 11.7 Å². The van der Waals surface area contributed by atoms with Gasteiger partial charge in [0, 0.05) is 11.1 Å². The summed E-state index contributed by atoms with van der Waals surface area (Å²) in [6.07, 6.45) is 1.86. The first-order chi connectivity index (χ1) is 13.9. The number of rotatable bonds is 4. The average Bonchev–Trinajstić information content (AvgIpc) is 2.70. The van der Waals surface area contributed by atoms with Crippen molar-refractivity contribution >= 4 is 29.2 Å². The Kier molecular flexibility index (Phi) is 5.48. The van der Waals surface area contributed by atoms with Crippen molar-refractivity contribution in [1.82, 2.24) is 0 Å². The van der Waals surface area contributed by atoms with Gasteiger partial charge in [0.05, 0.1) is 16.0 Å². The van der Waals surface area contributed by atoms with Crippen LogP contribution in [-0.4, -0.2) is 11.1 Å². The van der Waals surface area contributed by atoms with E-state index in [1.807, 2.05) is 30.3 Å². The number of ether oxygens (including phenoxy) is 1. The first-order valence-corrected chi connectivity index (χ1v) is 9.94. The van der Waals surface area contributed by atoms with Gasteiger partial charge in [0.25, 0.3) is 0 Å². The highest BCUT2D eigenvalue weighted by molar-refractivity contribution is 6.43. The number of fused-ring (bicyclic) bond motifs is 1. The summed E-state index contributed by atoms with van der Waals surface area (Å²) in [7, 11) is 0. The molecule has 6 heteroatoms. The minimum absolute atomic E-state index is 0.130. The third-order valence-corrected chi connectivity index (χ3v) is 5.96. The summed E-state index contributed by atoms with van der Waals surface area (Å²) >= 11 is 12.3. The second-order valence-corrected chi connectivity index (χ2v) is 7.84. The lowest BCUT2D eigenvalue weighted by molar-refractivity contribution is -0.142. The zero-order chi connectivity index (χ0) is 20.5. The van der Waals surface area contributed by atoms with Crippen LogP contribution in [0.5, 0.6) is 11.5 Å². The fourth-order valence-electron chi connectivity index (χ4n) is 3.66. The maximum atomic E-state index is 13.9. The van der Waals surface area contributed by atoms with Crippen LogP contribution in [0.15, 0.2) is 54.6 Å². The van der Waals surface area contributed by atoms with Crippen molar-refractivity contribution in [3.8, 4) is 22.6 Å². The van der Waals surface area contributed by atoms with Crippen molar-refractivity contribution in [2.75, 3.05) is 0 Å². The summed E-state index contributed by atoms with van der Waals surface area (Å²) in [5.41, 5.74) is 3.17. The highest BCUT2D eigenvalue weighted by Gasteiger charge is 2.24. The summed E-state index contributed by atoms with van der Waals surface area (Å²) < 4.78 is 20.0. The molecule has 1 aliphatic carbocycles. The Balaban J connectivity index is 1.69. The van der Waals surface area contributed by atoms with Gasteiger partial charge in [-0.15, -0.1) is 0 Å². The Morgan fingerprint density at radius 3 is 2.62 bits per heavy atom. The zero-order valence-electron chi connectivity index (χ0n) is 15.3. The lowest BCUT2D eigenvalue weighted by Crippen LogP contribution is -2.22. The highest BCUT2D eigenvalue weighted by atomic mass is 35.5. The molecule has 0 spiro atoms. The predicted molar refractivity (Wildman–Crippen MR) is 112 cm³/mol. The van der Waals surface area contributed by atoms with E-state index in [-0.39, 0.29) is 16.0 Å². The van der Waals surface area contributed by atoms with Crippen molar-refractivity contribution in [3.63, 3.8) is 0 Å². The smallest absolute Gasteiger partial charge is 0.306 e. The van der Waals surface area contributed by atoms with E-state index in [0.29, 0.717) is 35.5 Å². The molecule has 148 valence electrons. The largest absolute Gasteiger partial charge is 0.481 e. The topological polar surface area (TPSA) is 46.5 Å². The van der Waals surface area contributed by atoms with Gasteiger partial charge in [0.15, 0.2) is 0 Å². The van der Waals surface area contributed by atoms with E-state index in [4.69, 9.17) is 27.9 Å². The summed E-state index contributed by atoms with van der Waals surface area (Å²) in [5, 5.41) is 9.69. The molecule has 0 aromatic heterocycles. The van der Waals surface area contributed by atoms with Crippen LogP contribution in [0.25, 0.3) is 11.1 Å². The molecule has 0 saturated carbocycles. The molecular formula is C23H17Cl2FO3. The second kappa shape index (κ2) is 8.05. The number of hydrogen-bond acceptors (Lipinski definition) is 2. The molecular weight excluding hydrogens is 414 g/mol. The number of halogens is 3. The fourth-order valence-corrected chi connectivity index (χ4v) is 4.08. The molecule has 3 aromatic rings. The number of hydrogen-bond donors (Lipinski definition) is 1. The zero-order valence-corrected chi connectivity index (χ0v) is 16.8. The molecule has 0 radical (unpaired) electrons. The number of carboxylic acids is 1. The van der Waals surface area contributed by atoms with E-state index in [1.54, 1.807) is 12.1 Å². The van der Waals surface area contributed by atoms with E-state index >= 15 is 0 Å². The molecule has 3 nitrogen and oxygen atoms in total. The Hall–Kier alpha value is -2.56. The lowest BCUT2D eigenvalue weighted by atomic mass is 9.84. The Bertz CT molecular complexity index is 1100. The maximum absolute atomic E-state index is 13.9. The Labute approximate surface area is 177 Å². The van der Waals surface area contributed by atoms with Crippen LogP contribution >= 0.6 is 23.2 Å². The molecule has 1 aliphatic rings. The molecule has 1 atom stereocenters. The molecule has 1 N–H and O–H groups in total. The monoisotopic (exact) mass is 430 g/mol. The number of carbonyl (C=O) groups is 1. The summed E-state index contributed by atoms with van der Waals surface area (Å²) in [6.45, 7) is 0. The molecule has 0 heterocycles. The van der Waals surface area contributed by atoms with Gasteiger partial charge >= 0.3 is 5.97 Å². The predicted octanol–water partition coefficient (Wildman–Crippen LogP) is 6.78. The molecule has 0 saturated heterocycles. The molecule has 0 fully saturated rings. The van der Waals surface area contributed by atoms with Gasteiger partial charge in [-0.2, -0.15) is 0 Å². The number of benzene rings is 3. The van der Waals surface area contributed by atoms with Gasteiger partial charge in [0.2, 0.25) is 0 Å². The van der Waals surface area contributed by atoms with Gasteiger partial charge in [-0.3, -0.25) is 4.79 Å². The average molecular weight is 431 g/mol. The molecule has 29 heavy (non-hydrogen) atoms. The van der Waals surface area contributed by atoms with E-state index in [0.717, 1.165) is 17.5 Å². The first-order valence-electron chi connectivity index (χ1n) is 9.19. The van der Waals surface area contributed by atoms with Crippen LogP contribution in [0.3, 0.4) is 0 Å². The van der Waals surface area contributed by atoms with Gasteiger partial charge in [-0.25, -0.2) is 4.39 Å². The van der Waals surface area contributed by atoms with E-state index < -0.39 is 11.8 Å². The van der Waals surface area contributed by atoms with Crippen molar-refractivity contribution in [2.24, 2.45) is 5.92 Å². The molecule has 0 bridgehead atoms. The van der Waals surface area contributed by atoms with Crippen molar-refractivity contribution in [2.45, 2.75) is 19.3 Å². The SMILES string of the molecule is O=C(O)C1CCc2ccc(Oc3ccccc3-c3cc(F)cc(Cl)c3Cl)cc2C1. The molecule has 0 aliphatic heterocycles. The molecule has 1 unspecified atom stereocenters. The summed E-state index contributed by atoms with van der Waals surface area (Å²) in [4.78, 5) is 11.3. The quantitative estimate of drug-likeness (QED) is 0.463. The molecule has 0 amide bonds. The van der Waals surface area contributed by atoms with E-state index in [9.17, 15) is 14.3 Å². The third-order valence-electron chi connectivity index (χ3n) is 5.15. The lowest BCUT2D eigenvalue weighted by Gasteiger charge is -2.22. The molecule has 4 rings (SSSR count). The first kappa shape index (κ1) is 19.7. The van der Waals surface area contributed by atoms with Gasteiger partial charge in [-0.1, -0.05) is 47.5 Å². The Morgan fingerprint density at radius 1 is 1.03 bits per heavy atom. The summed E-state index contributed by atoms with van der Waals surface area (Å²) in [6, 6.07) is 15.4. The summed E-state index contributed by atoms with van der Waals surface area (Å²) in [5.74, 6) is -0.552. The van der Waals surface area contributed by atoms with Crippen molar-refractivity contribution < 1.29 is 19.0 Å². The van der Waals surface area contributed by atoms with E-state index in [2.05, 4.69) is 0 Å². The van der Waals surface area contributed by atoms with Crippen LogP contribution in [0.2, 0.25) is 10.0 Å². The highest BCUT2D eigenvalue weighted by Crippen LogP contribution is 2.41. The van der Waals surface area contributed by atoms with Gasteiger partial charge in [0.1, 0.15) is 17.3 Å². The van der Waals surface area contributed by atoms with Crippen molar-refractivity contribution in [3.05, 3.63) is 81.6 Å². The maximum Gasteiger partial charge on any atom is 0.306 e. The third kappa shape index (κ3) is 4.09. The number of para-hydroxylation sites is 1. The number of aliphatic carboxylic acids is 1. The number of aryl methyl sites for hydroxylation is 1. The fraction of sp³-hybridized carbons (Fsp3) is 0.174. The van der Waals surface area contributed by atoms with Crippen molar-refractivity contribution in [1.29, 1.82) is 0 Å². The normalized spacial score (nSPS) is 15.6. The van der Waals surface area contributed by atoms with E-state index in [1.165, 1.54) is 12.1 Å². The minimum atomic E-state index is -0.773. The van der Waals surface area contributed by atoms with Crippen LogP contribution < -0.4 is 4.74 Å². The Morgan fingerprint density at radius 2 is 1.83 bits per heavy atom. The minimum Gasteiger partial charge on any atom is -0.481 e. The van der Waals surface area contributed by atoms with Gasteiger partial charge < -0.3 is 9.84 Å². The van der Waals surface area contributed by atoms with Gasteiger partial charge in [-0.05, 0) is 60.7 Å². The van der Waals surface area contributed by atoms with Crippen LogP contribution in [0.4, 0.5) is 4.39 Å². The van der Waals surface area contributed by atoms with Crippen LogP contribution in [-0.2, 0) is 17.6 Å². The second-order valence-electron chi connectivity index (χ2n) is 7.06. The number of carboxylic acid groups (broad SMARTS) is 1. The molecule has 3 aromatic carbocycles. The standard InChI is InChI=1S/C23H17Cl2FO3/c24-20-12-16(26)11-19(22(20)25)18-3-1-2-4-21(18)29-17-8-7-13-5-6-14(23(27)28)9-15(13)10-17/h1-4,7-8,10-12,14H,5-6,9H2,(H,27,28).